The normalized spacial score (nSPS) is 13.2. The Labute approximate surface area is 124 Å². The second-order valence-corrected chi connectivity index (χ2v) is 5.67. The number of halogens is 3. The summed E-state index contributed by atoms with van der Waals surface area (Å²) in [6, 6.07) is 9.11. The molecular weight excluding hydrogens is 303 g/mol. The summed E-state index contributed by atoms with van der Waals surface area (Å²) in [5.41, 5.74) is 0. The quantitative estimate of drug-likeness (QED) is 0.792. The van der Waals surface area contributed by atoms with E-state index in [0.29, 0.717) is 23.3 Å². The first kappa shape index (κ1) is 15.7. The molecule has 21 heavy (non-hydrogen) atoms. The van der Waals surface area contributed by atoms with Gasteiger partial charge in [-0.1, -0.05) is 30.0 Å². The van der Waals surface area contributed by atoms with Crippen molar-refractivity contribution in [3.8, 4) is 5.75 Å². The van der Waals surface area contributed by atoms with Gasteiger partial charge in [-0.15, -0.1) is 10.2 Å². The van der Waals surface area contributed by atoms with Crippen LogP contribution in [0.1, 0.15) is 12.7 Å². The Kier molecular flexibility index (Phi) is 4.76. The summed E-state index contributed by atoms with van der Waals surface area (Å²) in [4.78, 5) is 0. The van der Waals surface area contributed by atoms with E-state index in [1.54, 1.807) is 19.2 Å². The van der Waals surface area contributed by atoms with E-state index in [-0.39, 0.29) is 11.8 Å². The molecule has 114 valence electrons. The minimum atomic E-state index is -4.27. The van der Waals surface area contributed by atoms with Crippen LogP contribution in [0.5, 0.6) is 5.75 Å². The molecule has 1 unspecified atom stereocenters. The van der Waals surface area contributed by atoms with Crippen molar-refractivity contribution < 1.29 is 17.9 Å². The van der Waals surface area contributed by atoms with Crippen LogP contribution in [0.15, 0.2) is 35.5 Å². The molecular formula is C13H14F3N3OS. The number of nitrogens with zero attached hydrogens (tertiary/aromatic N) is 3. The van der Waals surface area contributed by atoms with E-state index in [1.165, 1.54) is 4.57 Å². The Morgan fingerprint density at radius 3 is 2.52 bits per heavy atom. The van der Waals surface area contributed by atoms with Crippen LogP contribution in [0.4, 0.5) is 13.2 Å². The van der Waals surface area contributed by atoms with Crippen LogP contribution in [0.3, 0.4) is 0 Å². The fraction of sp³-hybridized carbons (Fsp3) is 0.385. The van der Waals surface area contributed by atoms with Crippen LogP contribution in [-0.2, 0) is 13.7 Å². The fourth-order valence-corrected chi connectivity index (χ4v) is 2.26. The fourth-order valence-electron chi connectivity index (χ4n) is 1.46. The molecule has 0 aliphatic heterocycles. The van der Waals surface area contributed by atoms with Gasteiger partial charge in [0.1, 0.15) is 17.6 Å². The van der Waals surface area contributed by atoms with E-state index in [2.05, 4.69) is 10.2 Å². The smallest absolute Gasteiger partial charge is 0.400 e. The van der Waals surface area contributed by atoms with Gasteiger partial charge in [0.15, 0.2) is 11.0 Å². The molecule has 8 heteroatoms. The lowest BCUT2D eigenvalue weighted by atomic mass is 10.3. The number of para-hydroxylation sites is 1. The summed E-state index contributed by atoms with van der Waals surface area (Å²) in [5, 5.41) is 6.32. The monoisotopic (exact) mass is 317 g/mol. The van der Waals surface area contributed by atoms with Gasteiger partial charge in [-0.25, -0.2) is 0 Å². The maximum absolute atomic E-state index is 12.5. The van der Waals surface area contributed by atoms with Gasteiger partial charge in [0.2, 0.25) is 0 Å². The maximum Gasteiger partial charge on any atom is 0.400 e. The second kappa shape index (κ2) is 6.38. The lowest BCUT2D eigenvalue weighted by Gasteiger charge is -2.14. The van der Waals surface area contributed by atoms with E-state index in [9.17, 15) is 13.2 Å². The molecule has 4 nitrogen and oxygen atoms in total. The molecule has 1 aromatic carbocycles. The molecule has 1 heterocycles. The zero-order chi connectivity index (χ0) is 15.5. The van der Waals surface area contributed by atoms with Crippen LogP contribution in [0, 0.1) is 0 Å². The van der Waals surface area contributed by atoms with Crippen molar-refractivity contribution in [3.05, 3.63) is 36.2 Å². The predicted molar refractivity (Wildman–Crippen MR) is 73.2 cm³/mol. The molecule has 0 spiro atoms. The molecule has 0 N–H and O–H groups in total. The number of rotatable bonds is 5. The first-order valence-electron chi connectivity index (χ1n) is 6.17. The Balaban J connectivity index is 2.00. The highest BCUT2D eigenvalue weighted by Gasteiger charge is 2.37. The SMILES string of the molecule is CC(Sc1nnc(COc2ccccc2)n1C)C(F)(F)F. The Morgan fingerprint density at radius 2 is 1.90 bits per heavy atom. The van der Waals surface area contributed by atoms with Gasteiger partial charge < -0.3 is 9.30 Å². The van der Waals surface area contributed by atoms with Gasteiger partial charge in [0.05, 0.1) is 0 Å². The Bertz CT molecular complexity index is 586. The summed E-state index contributed by atoms with van der Waals surface area (Å²) in [7, 11) is 1.62. The second-order valence-electron chi connectivity index (χ2n) is 4.36. The van der Waals surface area contributed by atoms with E-state index in [0.717, 1.165) is 6.92 Å². The third-order valence-corrected chi connectivity index (χ3v) is 3.97. The van der Waals surface area contributed by atoms with Crippen molar-refractivity contribution in [3.63, 3.8) is 0 Å². The average Bonchev–Trinajstić information content (AvgIpc) is 2.78. The molecule has 0 saturated heterocycles. The first-order chi connectivity index (χ1) is 9.88. The molecule has 2 aromatic rings. The molecule has 0 saturated carbocycles. The number of alkyl halides is 3. The van der Waals surface area contributed by atoms with Crippen LogP contribution >= 0.6 is 11.8 Å². The first-order valence-corrected chi connectivity index (χ1v) is 7.05. The van der Waals surface area contributed by atoms with Crippen molar-refractivity contribution in [2.75, 3.05) is 0 Å². The average molecular weight is 317 g/mol. The third-order valence-electron chi connectivity index (χ3n) is 2.78. The number of benzene rings is 1. The van der Waals surface area contributed by atoms with Crippen molar-refractivity contribution >= 4 is 11.8 Å². The maximum atomic E-state index is 12.5. The highest BCUT2D eigenvalue weighted by Crippen LogP contribution is 2.33. The summed E-state index contributed by atoms with van der Waals surface area (Å²) >= 11 is 0.628. The molecule has 0 radical (unpaired) electrons. The van der Waals surface area contributed by atoms with Crippen LogP contribution < -0.4 is 4.74 Å². The summed E-state index contributed by atoms with van der Waals surface area (Å²) in [6.45, 7) is 1.24. The van der Waals surface area contributed by atoms with Gasteiger partial charge in [-0.3, -0.25) is 0 Å². The molecule has 0 amide bonds. The van der Waals surface area contributed by atoms with E-state index < -0.39 is 11.4 Å². The van der Waals surface area contributed by atoms with Gasteiger partial charge in [0, 0.05) is 7.05 Å². The number of hydrogen-bond donors (Lipinski definition) is 0. The van der Waals surface area contributed by atoms with Gasteiger partial charge in [-0.2, -0.15) is 13.2 Å². The number of ether oxygens (including phenoxy) is 1. The zero-order valence-corrected chi connectivity index (χ0v) is 12.3. The molecule has 0 aliphatic rings. The number of thioether (sulfide) groups is 1. The topological polar surface area (TPSA) is 39.9 Å². The van der Waals surface area contributed by atoms with E-state index >= 15 is 0 Å². The highest BCUT2D eigenvalue weighted by atomic mass is 32.2. The minimum absolute atomic E-state index is 0.147. The molecule has 0 bridgehead atoms. The van der Waals surface area contributed by atoms with E-state index in [1.807, 2.05) is 18.2 Å². The summed E-state index contributed by atoms with van der Waals surface area (Å²) in [5.74, 6) is 1.13. The van der Waals surface area contributed by atoms with Gasteiger partial charge in [-0.05, 0) is 19.1 Å². The zero-order valence-electron chi connectivity index (χ0n) is 11.5. The van der Waals surface area contributed by atoms with Crippen molar-refractivity contribution in [2.24, 2.45) is 7.05 Å². The largest absolute Gasteiger partial charge is 0.486 e. The number of aromatic nitrogens is 3. The molecule has 1 atom stereocenters. The lowest BCUT2D eigenvalue weighted by Crippen LogP contribution is -2.22. The summed E-state index contributed by atoms with van der Waals surface area (Å²) < 4.78 is 44.6. The van der Waals surface area contributed by atoms with Crippen molar-refractivity contribution in [2.45, 2.75) is 30.1 Å². The van der Waals surface area contributed by atoms with Crippen molar-refractivity contribution in [1.82, 2.24) is 14.8 Å². The molecule has 1 aromatic heterocycles. The molecule has 0 aliphatic carbocycles. The molecule has 0 fully saturated rings. The van der Waals surface area contributed by atoms with Crippen LogP contribution in [0.2, 0.25) is 0 Å². The van der Waals surface area contributed by atoms with Gasteiger partial charge in [0.25, 0.3) is 0 Å². The standard InChI is InChI=1S/C13H14F3N3OS/c1-9(13(14,15)16)21-12-18-17-11(19(12)2)8-20-10-6-4-3-5-7-10/h3-7,9H,8H2,1-2H3. The molecule has 2 rings (SSSR count). The Morgan fingerprint density at radius 1 is 1.24 bits per heavy atom. The summed E-state index contributed by atoms with van der Waals surface area (Å²) in [6.07, 6.45) is -4.27. The lowest BCUT2D eigenvalue weighted by molar-refractivity contribution is -0.125. The predicted octanol–water partition coefficient (Wildman–Crippen LogP) is 3.44. The van der Waals surface area contributed by atoms with Gasteiger partial charge >= 0.3 is 6.18 Å². The van der Waals surface area contributed by atoms with Crippen LogP contribution in [0.25, 0.3) is 0 Å². The minimum Gasteiger partial charge on any atom is -0.486 e. The third kappa shape index (κ3) is 4.13. The number of hydrogen-bond acceptors (Lipinski definition) is 4. The van der Waals surface area contributed by atoms with Crippen molar-refractivity contribution in [1.29, 1.82) is 0 Å². The van der Waals surface area contributed by atoms with E-state index in [4.69, 9.17) is 4.74 Å². The van der Waals surface area contributed by atoms with Crippen LogP contribution in [-0.4, -0.2) is 26.2 Å². The highest BCUT2D eigenvalue weighted by molar-refractivity contribution is 7.99. The Hall–Kier alpha value is -1.70.